The SMILES string of the molecule is CCC(CO)NC(=O)c1cccc(Cl)c1Cl. The van der Waals surface area contributed by atoms with Crippen LogP contribution in [0.15, 0.2) is 18.2 Å². The molecule has 0 saturated heterocycles. The zero-order valence-electron chi connectivity index (χ0n) is 8.84. The lowest BCUT2D eigenvalue weighted by atomic mass is 10.1. The van der Waals surface area contributed by atoms with Crippen molar-refractivity contribution in [3.63, 3.8) is 0 Å². The van der Waals surface area contributed by atoms with Gasteiger partial charge in [0.15, 0.2) is 0 Å². The van der Waals surface area contributed by atoms with Crippen molar-refractivity contribution in [3.05, 3.63) is 33.8 Å². The maximum Gasteiger partial charge on any atom is 0.253 e. The summed E-state index contributed by atoms with van der Waals surface area (Å²) in [4.78, 5) is 11.8. The number of hydrogen-bond donors (Lipinski definition) is 2. The Labute approximate surface area is 104 Å². The molecule has 1 rings (SSSR count). The molecule has 0 aliphatic carbocycles. The van der Waals surface area contributed by atoms with E-state index >= 15 is 0 Å². The smallest absolute Gasteiger partial charge is 0.253 e. The summed E-state index contributed by atoms with van der Waals surface area (Å²) in [5, 5.41) is 12.2. The van der Waals surface area contributed by atoms with Crippen LogP contribution in [-0.2, 0) is 0 Å². The molecule has 1 atom stereocenters. The van der Waals surface area contributed by atoms with Crippen LogP contribution in [-0.4, -0.2) is 23.7 Å². The first-order valence-electron chi connectivity index (χ1n) is 4.95. The predicted molar refractivity (Wildman–Crippen MR) is 65.1 cm³/mol. The second-order valence-corrected chi connectivity index (χ2v) is 4.15. The number of nitrogens with one attached hydrogen (secondary N) is 1. The summed E-state index contributed by atoms with van der Waals surface area (Å²) < 4.78 is 0. The topological polar surface area (TPSA) is 49.3 Å². The summed E-state index contributed by atoms with van der Waals surface area (Å²) in [5.74, 6) is -0.326. The van der Waals surface area contributed by atoms with Crippen LogP contribution in [0.25, 0.3) is 0 Å². The standard InChI is InChI=1S/C11H13Cl2NO2/c1-2-7(6-15)14-11(16)8-4-3-5-9(12)10(8)13/h3-5,7,15H,2,6H2,1H3,(H,14,16). The average Bonchev–Trinajstić information content (AvgIpc) is 2.29. The minimum Gasteiger partial charge on any atom is -0.394 e. The van der Waals surface area contributed by atoms with Crippen molar-refractivity contribution >= 4 is 29.1 Å². The van der Waals surface area contributed by atoms with Gasteiger partial charge < -0.3 is 10.4 Å². The third kappa shape index (κ3) is 3.11. The first-order chi connectivity index (χ1) is 7.60. The molecular formula is C11H13Cl2NO2. The average molecular weight is 262 g/mol. The maximum absolute atomic E-state index is 11.8. The first kappa shape index (κ1) is 13.3. The number of aliphatic hydroxyl groups is 1. The second-order valence-electron chi connectivity index (χ2n) is 3.36. The van der Waals surface area contributed by atoms with Gasteiger partial charge in [0.05, 0.1) is 28.3 Å². The lowest BCUT2D eigenvalue weighted by Gasteiger charge is -2.14. The lowest BCUT2D eigenvalue weighted by molar-refractivity contribution is 0.0915. The molecule has 0 heterocycles. The minimum atomic E-state index is -0.326. The molecule has 0 saturated carbocycles. The zero-order valence-corrected chi connectivity index (χ0v) is 10.3. The van der Waals surface area contributed by atoms with Gasteiger partial charge in [-0.3, -0.25) is 4.79 Å². The van der Waals surface area contributed by atoms with E-state index in [2.05, 4.69) is 5.32 Å². The van der Waals surface area contributed by atoms with Crippen molar-refractivity contribution in [3.8, 4) is 0 Å². The highest BCUT2D eigenvalue weighted by atomic mass is 35.5. The number of amides is 1. The van der Waals surface area contributed by atoms with Crippen LogP contribution in [0.5, 0.6) is 0 Å². The van der Waals surface area contributed by atoms with Crippen LogP contribution >= 0.6 is 23.2 Å². The van der Waals surface area contributed by atoms with E-state index in [1.807, 2.05) is 6.92 Å². The molecular weight excluding hydrogens is 249 g/mol. The van der Waals surface area contributed by atoms with E-state index in [1.165, 1.54) is 0 Å². The van der Waals surface area contributed by atoms with Crippen LogP contribution in [0.1, 0.15) is 23.7 Å². The highest BCUT2D eigenvalue weighted by Gasteiger charge is 2.15. The Hall–Kier alpha value is -0.770. The van der Waals surface area contributed by atoms with Crippen LogP contribution in [0, 0.1) is 0 Å². The number of carbonyl (C=O) groups is 1. The third-order valence-corrected chi connectivity index (χ3v) is 3.06. The molecule has 0 radical (unpaired) electrons. The zero-order chi connectivity index (χ0) is 12.1. The van der Waals surface area contributed by atoms with Crippen LogP contribution in [0.3, 0.4) is 0 Å². The molecule has 0 aromatic heterocycles. The summed E-state index contributed by atoms with van der Waals surface area (Å²) in [6.45, 7) is 1.78. The monoisotopic (exact) mass is 261 g/mol. The summed E-state index contributed by atoms with van der Waals surface area (Å²) >= 11 is 11.7. The summed E-state index contributed by atoms with van der Waals surface area (Å²) in [5.41, 5.74) is 0.320. The Morgan fingerprint density at radius 1 is 1.50 bits per heavy atom. The van der Waals surface area contributed by atoms with Gasteiger partial charge in [-0.2, -0.15) is 0 Å². The van der Waals surface area contributed by atoms with E-state index in [1.54, 1.807) is 18.2 Å². The van der Waals surface area contributed by atoms with Gasteiger partial charge in [-0.1, -0.05) is 36.2 Å². The Morgan fingerprint density at radius 2 is 2.19 bits per heavy atom. The van der Waals surface area contributed by atoms with Crippen LogP contribution in [0.4, 0.5) is 0 Å². The fourth-order valence-electron chi connectivity index (χ4n) is 1.22. The molecule has 2 N–H and O–H groups in total. The van der Waals surface area contributed by atoms with E-state index < -0.39 is 0 Å². The largest absolute Gasteiger partial charge is 0.394 e. The van der Waals surface area contributed by atoms with Crippen LogP contribution < -0.4 is 5.32 Å². The third-order valence-electron chi connectivity index (χ3n) is 2.24. The Morgan fingerprint density at radius 3 is 2.75 bits per heavy atom. The summed E-state index contributed by atoms with van der Waals surface area (Å²) in [6, 6.07) is 4.60. The Kier molecular flexibility index (Phi) is 5.06. The molecule has 1 amide bonds. The number of benzene rings is 1. The number of halogens is 2. The van der Waals surface area contributed by atoms with Crippen molar-refractivity contribution in [2.24, 2.45) is 0 Å². The molecule has 3 nitrogen and oxygen atoms in total. The molecule has 0 fully saturated rings. The first-order valence-corrected chi connectivity index (χ1v) is 5.71. The van der Waals surface area contributed by atoms with Gasteiger partial charge in [0.1, 0.15) is 0 Å². The van der Waals surface area contributed by atoms with Crippen molar-refractivity contribution in [2.45, 2.75) is 19.4 Å². The molecule has 0 bridgehead atoms. The van der Waals surface area contributed by atoms with E-state index in [9.17, 15) is 4.79 Å². The fourth-order valence-corrected chi connectivity index (χ4v) is 1.61. The quantitative estimate of drug-likeness (QED) is 0.875. The maximum atomic E-state index is 11.8. The van der Waals surface area contributed by atoms with Gasteiger partial charge >= 0.3 is 0 Å². The van der Waals surface area contributed by atoms with Gasteiger partial charge in [-0.25, -0.2) is 0 Å². The summed E-state index contributed by atoms with van der Waals surface area (Å²) in [7, 11) is 0. The molecule has 0 spiro atoms. The van der Waals surface area contributed by atoms with Gasteiger partial charge in [0.25, 0.3) is 5.91 Å². The lowest BCUT2D eigenvalue weighted by Crippen LogP contribution is -2.37. The molecule has 0 aliphatic rings. The Balaban J connectivity index is 2.84. The molecule has 88 valence electrons. The van der Waals surface area contributed by atoms with Crippen molar-refractivity contribution in [1.82, 2.24) is 5.32 Å². The number of rotatable bonds is 4. The molecule has 1 aromatic carbocycles. The van der Waals surface area contributed by atoms with Gasteiger partial charge in [0, 0.05) is 0 Å². The second kappa shape index (κ2) is 6.09. The highest BCUT2D eigenvalue weighted by molar-refractivity contribution is 6.43. The number of hydrogen-bond acceptors (Lipinski definition) is 2. The van der Waals surface area contributed by atoms with Crippen molar-refractivity contribution in [1.29, 1.82) is 0 Å². The normalized spacial score (nSPS) is 12.2. The molecule has 1 unspecified atom stereocenters. The molecule has 16 heavy (non-hydrogen) atoms. The molecule has 1 aromatic rings. The van der Waals surface area contributed by atoms with E-state index in [4.69, 9.17) is 28.3 Å². The Bertz CT molecular complexity index is 378. The predicted octanol–water partition coefficient (Wildman–Crippen LogP) is 2.49. The van der Waals surface area contributed by atoms with Gasteiger partial charge in [-0.15, -0.1) is 0 Å². The van der Waals surface area contributed by atoms with Crippen molar-refractivity contribution < 1.29 is 9.90 Å². The number of carbonyl (C=O) groups excluding carboxylic acids is 1. The van der Waals surface area contributed by atoms with E-state index in [-0.39, 0.29) is 23.6 Å². The minimum absolute atomic E-state index is 0.0968. The highest BCUT2D eigenvalue weighted by Crippen LogP contribution is 2.25. The van der Waals surface area contributed by atoms with E-state index in [0.29, 0.717) is 17.0 Å². The van der Waals surface area contributed by atoms with Crippen LogP contribution in [0.2, 0.25) is 10.0 Å². The molecule has 5 heteroatoms. The molecule has 0 aliphatic heterocycles. The van der Waals surface area contributed by atoms with E-state index in [0.717, 1.165) is 0 Å². The van der Waals surface area contributed by atoms with Crippen molar-refractivity contribution in [2.75, 3.05) is 6.61 Å². The van der Waals surface area contributed by atoms with Gasteiger partial charge in [-0.05, 0) is 18.6 Å². The van der Waals surface area contributed by atoms with Gasteiger partial charge in [0.2, 0.25) is 0 Å². The number of aliphatic hydroxyl groups excluding tert-OH is 1. The fraction of sp³-hybridized carbons (Fsp3) is 0.364. The summed E-state index contributed by atoms with van der Waals surface area (Å²) in [6.07, 6.45) is 0.653.